The summed E-state index contributed by atoms with van der Waals surface area (Å²) in [7, 11) is 1.78. The van der Waals surface area contributed by atoms with Gasteiger partial charge in [-0.1, -0.05) is 0 Å². The molecule has 8 heteroatoms. The van der Waals surface area contributed by atoms with Gasteiger partial charge in [0, 0.05) is 25.7 Å². The van der Waals surface area contributed by atoms with Crippen LogP contribution in [0.3, 0.4) is 0 Å². The van der Waals surface area contributed by atoms with Gasteiger partial charge in [-0.3, -0.25) is 4.68 Å². The van der Waals surface area contributed by atoms with Gasteiger partial charge in [0.15, 0.2) is 5.82 Å². The Morgan fingerprint density at radius 3 is 2.57 bits per heavy atom. The van der Waals surface area contributed by atoms with Crippen LogP contribution in [0.5, 0.6) is 0 Å². The molecule has 21 heavy (non-hydrogen) atoms. The van der Waals surface area contributed by atoms with Crippen molar-refractivity contribution >= 4 is 17.7 Å². The SMILES string of the molecule is Cn1cnc(CCNC(=O)Nc2ccc(C(=O)O)cc2)n1. The van der Waals surface area contributed by atoms with Crippen molar-refractivity contribution in [3.05, 3.63) is 42.0 Å². The first-order chi connectivity index (χ1) is 10.0. The average molecular weight is 289 g/mol. The van der Waals surface area contributed by atoms with E-state index < -0.39 is 5.97 Å². The summed E-state index contributed by atoms with van der Waals surface area (Å²) in [4.78, 5) is 26.4. The van der Waals surface area contributed by atoms with Crippen LogP contribution in [0.1, 0.15) is 16.2 Å². The lowest BCUT2D eigenvalue weighted by molar-refractivity contribution is 0.0697. The van der Waals surface area contributed by atoms with Crippen molar-refractivity contribution in [3.8, 4) is 0 Å². The number of hydrogen-bond acceptors (Lipinski definition) is 4. The van der Waals surface area contributed by atoms with E-state index in [4.69, 9.17) is 5.11 Å². The molecule has 1 heterocycles. The normalized spacial score (nSPS) is 10.1. The number of rotatable bonds is 5. The smallest absolute Gasteiger partial charge is 0.335 e. The zero-order chi connectivity index (χ0) is 15.2. The number of carbonyl (C=O) groups excluding carboxylic acids is 1. The summed E-state index contributed by atoms with van der Waals surface area (Å²) in [6.07, 6.45) is 2.13. The van der Waals surface area contributed by atoms with Gasteiger partial charge in [0.1, 0.15) is 6.33 Å². The number of benzene rings is 1. The Hall–Kier alpha value is -2.90. The highest BCUT2D eigenvalue weighted by atomic mass is 16.4. The fourth-order valence-corrected chi connectivity index (χ4v) is 1.66. The van der Waals surface area contributed by atoms with Crippen molar-refractivity contribution < 1.29 is 14.7 Å². The van der Waals surface area contributed by atoms with Gasteiger partial charge in [-0.15, -0.1) is 0 Å². The fraction of sp³-hybridized carbons (Fsp3) is 0.231. The van der Waals surface area contributed by atoms with Gasteiger partial charge in [0.2, 0.25) is 0 Å². The molecule has 2 aromatic rings. The number of nitrogens with zero attached hydrogens (tertiary/aromatic N) is 3. The van der Waals surface area contributed by atoms with Crippen LogP contribution in [-0.2, 0) is 13.5 Å². The minimum absolute atomic E-state index is 0.169. The largest absolute Gasteiger partial charge is 0.478 e. The molecule has 2 rings (SSSR count). The summed E-state index contributed by atoms with van der Waals surface area (Å²) in [6.45, 7) is 0.406. The van der Waals surface area contributed by atoms with E-state index in [9.17, 15) is 9.59 Å². The number of aromatic carboxylic acids is 1. The van der Waals surface area contributed by atoms with Crippen molar-refractivity contribution in [3.63, 3.8) is 0 Å². The third-order valence-corrected chi connectivity index (χ3v) is 2.67. The summed E-state index contributed by atoms with van der Waals surface area (Å²) in [6, 6.07) is 5.55. The van der Waals surface area contributed by atoms with E-state index in [2.05, 4.69) is 20.7 Å². The lowest BCUT2D eigenvalue weighted by atomic mass is 10.2. The number of hydrogen-bond donors (Lipinski definition) is 3. The Balaban J connectivity index is 1.77. The Kier molecular flexibility index (Phi) is 4.50. The van der Waals surface area contributed by atoms with Gasteiger partial charge < -0.3 is 15.7 Å². The molecule has 0 radical (unpaired) electrons. The van der Waals surface area contributed by atoms with E-state index in [0.29, 0.717) is 24.5 Å². The van der Waals surface area contributed by atoms with Gasteiger partial charge in [-0.25, -0.2) is 14.6 Å². The monoisotopic (exact) mass is 289 g/mol. The van der Waals surface area contributed by atoms with Crippen molar-refractivity contribution in [1.82, 2.24) is 20.1 Å². The van der Waals surface area contributed by atoms with Gasteiger partial charge in [-0.05, 0) is 24.3 Å². The Morgan fingerprint density at radius 1 is 1.29 bits per heavy atom. The highest BCUT2D eigenvalue weighted by molar-refractivity contribution is 5.91. The summed E-state index contributed by atoms with van der Waals surface area (Å²) >= 11 is 0. The zero-order valence-electron chi connectivity index (χ0n) is 11.4. The number of amides is 2. The first-order valence-corrected chi connectivity index (χ1v) is 6.27. The number of carboxylic acids is 1. The summed E-state index contributed by atoms with van der Waals surface area (Å²) in [5.41, 5.74) is 0.690. The molecule has 3 N–H and O–H groups in total. The zero-order valence-corrected chi connectivity index (χ0v) is 11.4. The maximum Gasteiger partial charge on any atom is 0.335 e. The number of nitrogens with one attached hydrogen (secondary N) is 2. The molecule has 8 nitrogen and oxygen atoms in total. The third-order valence-electron chi connectivity index (χ3n) is 2.67. The predicted octanol–water partition coefficient (Wildman–Crippen LogP) is 0.877. The minimum atomic E-state index is -1.01. The standard InChI is InChI=1S/C13H15N5O3/c1-18-8-15-11(17-18)6-7-14-13(21)16-10-4-2-9(3-5-10)12(19)20/h2-5,8H,6-7H2,1H3,(H,19,20)(H2,14,16,21). The molecule has 1 aromatic heterocycles. The third kappa shape index (κ3) is 4.30. The van der Waals surface area contributed by atoms with E-state index in [1.807, 2.05) is 0 Å². The number of carbonyl (C=O) groups is 2. The molecule has 0 fully saturated rings. The number of aryl methyl sites for hydroxylation is 1. The highest BCUT2D eigenvalue weighted by Crippen LogP contribution is 2.09. The van der Waals surface area contributed by atoms with E-state index in [-0.39, 0.29) is 11.6 Å². The second-order valence-corrected chi connectivity index (χ2v) is 4.35. The fourth-order valence-electron chi connectivity index (χ4n) is 1.66. The Bertz CT molecular complexity index is 636. The Morgan fingerprint density at radius 2 is 2.00 bits per heavy atom. The molecule has 2 amide bonds. The van der Waals surface area contributed by atoms with E-state index in [0.717, 1.165) is 0 Å². The van der Waals surface area contributed by atoms with Gasteiger partial charge in [0.05, 0.1) is 5.56 Å². The van der Waals surface area contributed by atoms with Crippen LogP contribution >= 0.6 is 0 Å². The van der Waals surface area contributed by atoms with Crippen molar-refractivity contribution in [2.45, 2.75) is 6.42 Å². The number of aromatic nitrogens is 3. The second kappa shape index (κ2) is 6.51. The summed E-state index contributed by atoms with van der Waals surface area (Å²) < 4.78 is 1.60. The van der Waals surface area contributed by atoms with Crippen LogP contribution < -0.4 is 10.6 Å². The molecule has 0 spiro atoms. The predicted molar refractivity (Wildman–Crippen MR) is 75.1 cm³/mol. The Labute approximate surface area is 120 Å². The summed E-state index contributed by atoms with van der Waals surface area (Å²) in [5.74, 6) is -0.350. The quantitative estimate of drug-likeness (QED) is 0.757. The summed E-state index contributed by atoms with van der Waals surface area (Å²) in [5, 5.41) is 18.1. The topological polar surface area (TPSA) is 109 Å². The number of urea groups is 1. The second-order valence-electron chi connectivity index (χ2n) is 4.35. The van der Waals surface area contributed by atoms with Crippen LogP contribution in [0, 0.1) is 0 Å². The molecule has 110 valence electrons. The first-order valence-electron chi connectivity index (χ1n) is 6.27. The molecule has 0 saturated heterocycles. The van der Waals surface area contributed by atoms with E-state index >= 15 is 0 Å². The van der Waals surface area contributed by atoms with Crippen LogP contribution in [0.4, 0.5) is 10.5 Å². The number of anilines is 1. The lowest BCUT2D eigenvalue weighted by Crippen LogP contribution is -2.30. The molecule has 0 aliphatic rings. The van der Waals surface area contributed by atoms with Crippen molar-refractivity contribution in [1.29, 1.82) is 0 Å². The van der Waals surface area contributed by atoms with Crippen LogP contribution in [0.15, 0.2) is 30.6 Å². The maximum atomic E-state index is 11.6. The lowest BCUT2D eigenvalue weighted by Gasteiger charge is -2.06. The highest BCUT2D eigenvalue weighted by Gasteiger charge is 2.05. The van der Waals surface area contributed by atoms with Gasteiger partial charge >= 0.3 is 12.0 Å². The molecule has 0 aliphatic carbocycles. The van der Waals surface area contributed by atoms with E-state index in [1.165, 1.54) is 24.3 Å². The first kappa shape index (κ1) is 14.5. The molecule has 0 aliphatic heterocycles. The molecule has 0 saturated carbocycles. The van der Waals surface area contributed by atoms with Crippen LogP contribution in [-0.4, -0.2) is 38.4 Å². The molecule has 0 bridgehead atoms. The van der Waals surface area contributed by atoms with Gasteiger partial charge in [0.25, 0.3) is 0 Å². The molecule has 0 unspecified atom stereocenters. The van der Waals surface area contributed by atoms with Crippen molar-refractivity contribution in [2.24, 2.45) is 7.05 Å². The van der Waals surface area contributed by atoms with Crippen molar-refractivity contribution in [2.75, 3.05) is 11.9 Å². The van der Waals surface area contributed by atoms with E-state index in [1.54, 1.807) is 18.1 Å². The molecular formula is C13H15N5O3. The molecule has 1 aromatic carbocycles. The maximum absolute atomic E-state index is 11.6. The van der Waals surface area contributed by atoms with Crippen LogP contribution in [0.2, 0.25) is 0 Å². The number of carboxylic acid groups (broad SMARTS) is 1. The molecule has 0 atom stereocenters. The minimum Gasteiger partial charge on any atom is -0.478 e. The van der Waals surface area contributed by atoms with Crippen LogP contribution in [0.25, 0.3) is 0 Å². The average Bonchev–Trinajstić information content (AvgIpc) is 2.85. The molecular weight excluding hydrogens is 274 g/mol. The van der Waals surface area contributed by atoms with Gasteiger partial charge in [-0.2, -0.15) is 5.10 Å².